The molecule has 6 nitrogen and oxygen atoms in total. The van der Waals surface area contributed by atoms with Crippen molar-refractivity contribution in [3.8, 4) is 11.3 Å². The van der Waals surface area contributed by atoms with E-state index in [1.807, 2.05) is 36.4 Å². The van der Waals surface area contributed by atoms with Crippen LogP contribution in [0.1, 0.15) is 28.9 Å². The largest absolute Gasteiger partial charge is 0.369 e. The number of thioether (sulfide) groups is 1. The number of rotatable bonds is 5. The van der Waals surface area contributed by atoms with E-state index in [1.165, 1.54) is 16.7 Å². The second-order valence-corrected chi connectivity index (χ2v) is 9.25. The van der Waals surface area contributed by atoms with Crippen LogP contribution in [0.25, 0.3) is 17.0 Å². The van der Waals surface area contributed by atoms with Gasteiger partial charge in [-0.1, -0.05) is 41.6 Å². The van der Waals surface area contributed by atoms with Gasteiger partial charge in [0, 0.05) is 42.2 Å². The minimum absolute atomic E-state index is 0.261. The number of hydrogen-bond donors (Lipinski definition) is 3. The van der Waals surface area contributed by atoms with Gasteiger partial charge in [0.25, 0.3) is 0 Å². The molecule has 3 aromatic rings. The van der Waals surface area contributed by atoms with Gasteiger partial charge in [-0.25, -0.2) is 0 Å². The number of hydrogen-bond acceptors (Lipinski definition) is 7. The Kier molecular flexibility index (Phi) is 5.90. The highest BCUT2D eigenvalue weighted by atomic mass is 32.2. The first-order valence-corrected chi connectivity index (χ1v) is 11.9. The molecule has 2 aromatic carbocycles. The summed E-state index contributed by atoms with van der Waals surface area (Å²) in [4.78, 5) is 4.52. The van der Waals surface area contributed by atoms with Crippen molar-refractivity contribution in [2.75, 3.05) is 18.4 Å². The lowest BCUT2D eigenvalue weighted by atomic mass is 10.0. The van der Waals surface area contributed by atoms with E-state index < -0.39 is 0 Å². The van der Waals surface area contributed by atoms with Gasteiger partial charge in [-0.2, -0.15) is 0 Å². The first-order valence-electron chi connectivity index (χ1n) is 11.0. The number of nitrogens with one attached hydrogen (secondary N) is 3. The van der Waals surface area contributed by atoms with Crippen molar-refractivity contribution in [3.63, 3.8) is 0 Å². The third-order valence-corrected chi connectivity index (χ3v) is 6.74. The lowest BCUT2D eigenvalue weighted by molar-refractivity contribution is 0.410. The van der Waals surface area contributed by atoms with E-state index in [0.717, 1.165) is 60.3 Å². The number of benzene rings is 2. The molecule has 3 N–H and O–H groups in total. The lowest BCUT2D eigenvalue weighted by Crippen LogP contribution is -2.35. The fourth-order valence-electron chi connectivity index (χ4n) is 3.94. The quantitative estimate of drug-likeness (QED) is 0.517. The summed E-state index contributed by atoms with van der Waals surface area (Å²) in [5, 5.41) is 17.0. The number of aryl methyl sites for hydroxylation is 2. The fourth-order valence-corrected chi connectivity index (χ4v) is 4.90. The Morgan fingerprint density at radius 2 is 2.00 bits per heavy atom. The Labute approximate surface area is 192 Å². The lowest BCUT2D eigenvalue weighted by Gasteiger charge is -2.20. The summed E-state index contributed by atoms with van der Waals surface area (Å²) in [6, 6.07) is 16.6. The van der Waals surface area contributed by atoms with E-state index in [4.69, 9.17) is 4.52 Å². The van der Waals surface area contributed by atoms with Crippen LogP contribution < -0.4 is 16.0 Å². The van der Waals surface area contributed by atoms with Gasteiger partial charge >= 0.3 is 0 Å². The summed E-state index contributed by atoms with van der Waals surface area (Å²) in [6.45, 7) is 6.17. The normalized spacial score (nSPS) is 17.9. The van der Waals surface area contributed by atoms with E-state index in [0.29, 0.717) is 0 Å². The maximum absolute atomic E-state index is 5.61. The summed E-state index contributed by atoms with van der Waals surface area (Å²) >= 11 is 1.79. The molecule has 1 aromatic heterocycles. The minimum Gasteiger partial charge on any atom is -0.369 e. The van der Waals surface area contributed by atoms with Crippen LogP contribution in [0.2, 0.25) is 0 Å². The van der Waals surface area contributed by atoms with Crippen molar-refractivity contribution in [1.82, 2.24) is 15.8 Å². The zero-order valence-corrected chi connectivity index (χ0v) is 19.1. The van der Waals surface area contributed by atoms with Gasteiger partial charge < -0.3 is 20.5 Å². The maximum atomic E-state index is 5.61. The van der Waals surface area contributed by atoms with Crippen LogP contribution in [0.5, 0.6) is 0 Å². The molecule has 0 spiro atoms. The highest BCUT2D eigenvalue weighted by molar-refractivity contribution is 8.03. The molecule has 0 saturated heterocycles. The zero-order valence-electron chi connectivity index (χ0n) is 18.3. The molecular weight excluding hydrogens is 418 g/mol. The van der Waals surface area contributed by atoms with Crippen molar-refractivity contribution in [3.05, 3.63) is 76.4 Å². The molecule has 2 aliphatic heterocycles. The molecule has 0 amide bonds. The second kappa shape index (κ2) is 9.12. The van der Waals surface area contributed by atoms with Gasteiger partial charge in [-0.15, -0.1) is 11.8 Å². The van der Waals surface area contributed by atoms with Crippen LogP contribution in [-0.4, -0.2) is 29.6 Å². The monoisotopic (exact) mass is 445 g/mol. The molecule has 1 unspecified atom stereocenters. The Morgan fingerprint density at radius 3 is 2.81 bits per heavy atom. The van der Waals surface area contributed by atoms with Gasteiger partial charge in [0.05, 0.1) is 11.1 Å². The Bertz CT molecular complexity index is 1170. The van der Waals surface area contributed by atoms with E-state index in [-0.39, 0.29) is 5.37 Å². The average Bonchev–Trinajstić information content (AvgIpc) is 3.48. The predicted octanol–water partition coefficient (Wildman–Crippen LogP) is 4.92. The smallest absolute Gasteiger partial charge is 0.195 e. The Hall–Kier alpha value is -3.19. The fraction of sp³-hybridized carbons (Fsp3) is 0.280. The van der Waals surface area contributed by atoms with Gasteiger partial charge in [0.2, 0.25) is 0 Å². The molecule has 164 valence electrons. The molecule has 0 aliphatic carbocycles. The molecule has 0 fully saturated rings. The van der Waals surface area contributed by atoms with Gasteiger partial charge in [0.1, 0.15) is 5.69 Å². The van der Waals surface area contributed by atoms with E-state index in [2.05, 4.69) is 57.5 Å². The molecule has 5 rings (SSSR count). The highest BCUT2D eigenvalue weighted by Gasteiger charge is 2.22. The first kappa shape index (κ1) is 20.7. The topological polar surface area (TPSA) is 74.5 Å². The maximum Gasteiger partial charge on any atom is 0.195 e. The summed E-state index contributed by atoms with van der Waals surface area (Å²) in [5.74, 6) is 1.64. The van der Waals surface area contributed by atoms with E-state index in [9.17, 15) is 0 Å². The summed E-state index contributed by atoms with van der Waals surface area (Å²) in [5.41, 5.74) is 7.84. The van der Waals surface area contributed by atoms with Crippen molar-refractivity contribution >= 4 is 29.1 Å². The standard InChI is InChI=1S/C25H27N5OS/c1-16-12-20(29-25-26-9-6-10-27-25)17(2)11-19(16)13-24-28-22(15-32-24)23-14-21(30-31-23)18-7-4-3-5-8-18/h3-5,7-8,11-12,14-15,24,28H,6,9-10,13H2,1-2H3,(H2,26,27,29). The summed E-state index contributed by atoms with van der Waals surface area (Å²) in [6.07, 6.45) is 2.02. The molecule has 0 saturated carbocycles. The van der Waals surface area contributed by atoms with Crippen LogP contribution in [0.4, 0.5) is 5.69 Å². The van der Waals surface area contributed by atoms with Gasteiger partial charge in [0.15, 0.2) is 11.7 Å². The van der Waals surface area contributed by atoms with Crippen molar-refractivity contribution in [2.45, 2.75) is 32.1 Å². The summed E-state index contributed by atoms with van der Waals surface area (Å²) < 4.78 is 5.61. The number of anilines is 1. The number of nitrogens with zero attached hydrogens (tertiary/aromatic N) is 2. The van der Waals surface area contributed by atoms with E-state index in [1.54, 1.807) is 11.8 Å². The average molecular weight is 446 g/mol. The van der Waals surface area contributed by atoms with Crippen LogP contribution in [0.15, 0.2) is 63.5 Å². The molecule has 0 bridgehead atoms. The zero-order chi connectivity index (χ0) is 21.9. The number of aromatic nitrogens is 1. The Morgan fingerprint density at radius 1 is 1.12 bits per heavy atom. The molecule has 2 aliphatic rings. The molecule has 0 radical (unpaired) electrons. The molecule has 7 heteroatoms. The SMILES string of the molecule is Cc1cc(NC2=NCCCN2)c(C)cc1CC1NC(c2cc(-c3ccccc3)no2)=CS1. The van der Waals surface area contributed by atoms with E-state index >= 15 is 0 Å². The molecule has 32 heavy (non-hydrogen) atoms. The second-order valence-electron chi connectivity index (χ2n) is 8.18. The van der Waals surface area contributed by atoms with Crippen LogP contribution >= 0.6 is 11.8 Å². The van der Waals surface area contributed by atoms with Crippen LogP contribution in [-0.2, 0) is 6.42 Å². The molecule has 3 heterocycles. The first-order chi connectivity index (χ1) is 15.7. The number of aliphatic imine (C=N–C) groups is 1. The third kappa shape index (κ3) is 4.53. The van der Waals surface area contributed by atoms with Crippen molar-refractivity contribution < 1.29 is 4.52 Å². The van der Waals surface area contributed by atoms with Crippen LogP contribution in [0, 0.1) is 13.8 Å². The van der Waals surface area contributed by atoms with Crippen molar-refractivity contribution in [2.24, 2.45) is 4.99 Å². The minimum atomic E-state index is 0.261. The molecule has 1 atom stereocenters. The Balaban J connectivity index is 1.24. The highest BCUT2D eigenvalue weighted by Crippen LogP contribution is 2.32. The van der Waals surface area contributed by atoms with Crippen molar-refractivity contribution in [1.29, 1.82) is 0 Å². The van der Waals surface area contributed by atoms with Gasteiger partial charge in [-0.05, 0) is 43.0 Å². The predicted molar refractivity (Wildman–Crippen MR) is 133 cm³/mol. The molecular formula is C25H27N5OS. The third-order valence-electron chi connectivity index (χ3n) is 5.75. The summed E-state index contributed by atoms with van der Waals surface area (Å²) in [7, 11) is 0. The van der Waals surface area contributed by atoms with Gasteiger partial charge in [-0.3, -0.25) is 4.99 Å². The number of guanidine groups is 1. The van der Waals surface area contributed by atoms with Crippen LogP contribution in [0.3, 0.4) is 0 Å².